The van der Waals surface area contributed by atoms with Gasteiger partial charge in [0.15, 0.2) is 0 Å². The van der Waals surface area contributed by atoms with Gasteiger partial charge in [-0.25, -0.2) is 0 Å². The van der Waals surface area contributed by atoms with Gasteiger partial charge in [-0.15, -0.1) is 0 Å². The fraction of sp³-hybridized carbons (Fsp3) is 0.750. The predicted molar refractivity (Wildman–Crippen MR) is 41.2 cm³/mol. The van der Waals surface area contributed by atoms with E-state index in [-0.39, 0.29) is 17.4 Å². The van der Waals surface area contributed by atoms with Crippen LogP contribution >= 0.6 is 0 Å². The first kappa shape index (κ1) is 17.1. The molecule has 2 nitrogen and oxygen atoms in total. The molecule has 0 saturated heterocycles. The Labute approximate surface area is 79.5 Å². The zero-order valence-electron chi connectivity index (χ0n) is 7.05. The molecule has 0 aliphatic heterocycles. The van der Waals surface area contributed by atoms with Crippen LogP contribution < -0.4 is 0 Å². The normalized spacial score (nSPS) is 6.73. The van der Waals surface area contributed by atoms with Gasteiger partial charge in [-0.1, -0.05) is 26.2 Å². The van der Waals surface area contributed by atoms with Crippen molar-refractivity contribution in [2.45, 2.75) is 39.5 Å². The summed E-state index contributed by atoms with van der Waals surface area (Å²) in [7, 11) is 0. The summed E-state index contributed by atoms with van der Waals surface area (Å²) in [5, 5.41) is 0. The number of unbranched alkanes of at least 4 members (excludes halogenated alkanes) is 3. The first-order valence-electron chi connectivity index (χ1n) is 3.47. The van der Waals surface area contributed by atoms with Gasteiger partial charge >= 0.3 is 17.4 Å². The van der Waals surface area contributed by atoms with Crippen molar-refractivity contribution >= 4 is 12.6 Å². The van der Waals surface area contributed by atoms with Crippen molar-refractivity contribution in [2.75, 3.05) is 0 Å². The third-order valence-corrected chi connectivity index (χ3v) is 0.882. The molecule has 0 N–H and O–H groups in total. The van der Waals surface area contributed by atoms with E-state index in [9.17, 15) is 4.79 Å². The SMILES string of the molecule is CCCCC[C-]=O.C[C-]=O.[Cr+2]. The molecule has 0 spiro atoms. The van der Waals surface area contributed by atoms with E-state index in [1.165, 1.54) is 19.6 Å². The molecule has 0 aliphatic rings. The van der Waals surface area contributed by atoms with Crippen molar-refractivity contribution in [3.63, 3.8) is 0 Å². The monoisotopic (exact) mass is 194 g/mol. The summed E-state index contributed by atoms with van der Waals surface area (Å²) in [4.78, 5) is 18.2. The van der Waals surface area contributed by atoms with Crippen molar-refractivity contribution in [3.8, 4) is 0 Å². The van der Waals surface area contributed by atoms with Crippen LogP contribution in [0.25, 0.3) is 0 Å². The second kappa shape index (κ2) is 22.5. The number of rotatable bonds is 4. The molecular formula is C8H14CrO2. The van der Waals surface area contributed by atoms with E-state index in [2.05, 4.69) is 6.92 Å². The maximum atomic E-state index is 9.55. The summed E-state index contributed by atoms with van der Waals surface area (Å²) in [6.45, 7) is 3.44. The molecule has 0 fully saturated rings. The van der Waals surface area contributed by atoms with E-state index in [1.807, 2.05) is 6.29 Å². The van der Waals surface area contributed by atoms with E-state index in [1.54, 1.807) is 0 Å². The maximum absolute atomic E-state index is 9.55. The van der Waals surface area contributed by atoms with E-state index >= 15 is 0 Å². The molecule has 0 heterocycles. The average Bonchev–Trinajstić information content (AvgIpc) is 1.91. The largest absolute Gasteiger partial charge is 2.00 e. The van der Waals surface area contributed by atoms with Crippen molar-refractivity contribution in [1.82, 2.24) is 0 Å². The summed E-state index contributed by atoms with van der Waals surface area (Å²) in [6.07, 6.45) is 7.33. The number of hydrogen-bond acceptors (Lipinski definition) is 2. The Morgan fingerprint density at radius 1 is 1.18 bits per heavy atom. The van der Waals surface area contributed by atoms with Crippen LogP contribution in [0.1, 0.15) is 39.5 Å². The topological polar surface area (TPSA) is 34.1 Å². The molecule has 0 aromatic heterocycles. The van der Waals surface area contributed by atoms with Crippen LogP contribution in [0.2, 0.25) is 0 Å². The Kier molecular flexibility index (Phi) is 35.0. The van der Waals surface area contributed by atoms with Gasteiger partial charge in [0.25, 0.3) is 0 Å². The summed E-state index contributed by atoms with van der Waals surface area (Å²) in [6, 6.07) is 0. The summed E-state index contributed by atoms with van der Waals surface area (Å²) in [5.41, 5.74) is 0. The Balaban J connectivity index is -0.000000140. The fourth-order valence-electron chi connectivity index (χ4n) is 0.447. The van der Waals surface area contributed by atoms with Gasteiger partial charge in [0.2, 0.25) is 0 Å². The van der Waals surface area contributed by atoms with E-state index in [0.29, 0.717) is 6.42 Å². The first-order chi connectivity index (χ1) is 4.83. The Morgan fingerprint density at radius 2 is 1.64 bits per heavy atom. The maximum Gasteiger partial charge on any atom is 2.00 e. The van der Waals surface area contributed by atoms with Crippen LogP contribution in [-0.2, 0) is 27.0 Å². The summed E-state index contributed by atoms with van der Waals surface area (Å²) in [5.74, 6) is 0. The third kappa shape index (κ3) is 40.8. The second-order valence-corrected chi connectivity index (χ2v) is 1.81. The molecule has 0 aromatic rings. The molecular weight excluding hydrogens is 180 g/mol. The molecule has 0 bridgehead atoms. The van der Waals surface area contributed by atoms with Crippen LogP contribution in [-0.4, -0.2) is 12.6 Å². The molecule has 0 unspecified atom stereocenters. The molecule has 64 valence electrons. The van der Waals surface area contributed by atoms with Crippen molar-refractivity contribution in [3.05, 3.63) is 0 Å². The third-order valence-electron chi connectivity index (χ3n) is 0.882. The van der Waals surface area contributed by atoms with Crippen LogP contribution in [0, 0.1) is 0 Å². The van der Waals surface area contributed by atoms with Crippen molar-refractivity contribution in [1.29, 1.82) is 0 Å². The molecule has 0 aromatic carbocycles. The minimum atomic E-state index is 0. The average molecular weight is 194 g/mol. The van der Waals surface area contributed by atoms with E-state index in [4.69, 9.17) is 4.79 Å². The van der Waals surface area contributed by atoms with Crippen LogP contribution in [0.4, 0.5) is 0 Å². The van der Waals surface area contributed by atoms with Crippen molar-refractivity contribution in [2.24, 2.45) is 0 Å². The number of carbonyl (C=O) groups excluding carboxylic acids is 2. The Hall–Kier alpha value is -0.128. The smallest absolute Gasteiger partial charge is 0.542 e. The zero-order valence-corrected chi connectivity index (χ0v) is 8.33. The van der Waals surface area contributed by atoms with E-state index < -0.39 is 0 Å². The van der Waals surface area contributed by atoms with Gasteiger partial charge in [-0.3, -0.25) is 12.6 Å². The molecule has 11 heavy (non-hydrogen) atoms. The predicted octanol–water partition coefficient (Wildman–Crippen LogP) is 1.79. The molecule has 0 aliphatic carbocycles. The van der Waals surface area contributed by atoms with Gasteiger partial charge in [0.05, 0.1) is 0 Å². The van der Waals surface area contributed by atoms with Gasteiger partial charge < -0.3 is 9.59 Å². The second-order valence-electron chi connectivity index (χ2n) is 1.81. The van der Waals surface area contributed by atoms with Crippen LogP contribution in [0.5, 0.6) is 0 Å². The van der Waals surface area contributed by atoms with Gasteiger partial charge in [0.1, 0.15) is 0 Å². The summed E-state index contributed by atoms with van der Waals surface area (Å²) < 4.78 is 0. The zero-order chi connectivity index (χ0) is 8.24. The molecule has 0 amide bonds. The van der Waals surface area contributed by atoms with Crippen LogP contribution in [0.3, 0.4) is 0 Å². The Morgan fingerprint density at radius 3 is 1.91 bits per heavy atom. The molecule has 3 heteroatoms. The quantitative estimate of drug-likeness (QED) is 0.505. The molecule has 0 atom stereocenters. The van der Waals surface area contributed by atoms with Crippen LogP contribution in [0.15, 0.2) is 0 Å². The molecule has 0 saturated carbocycles. The Bertz CT molecular complexity index is 74.5. The number of hydrogen-bond donors (Lipinski definition) is 0. The van der Waals surface area contributed by atoms with Gasteiger partial charge in [-0.2, -0.15) is 13.3 Å². The molecule has 0 radical (unpaired) electrons. The van der Waals surface area contributed by atoms with Gasteiger partial charge in [0, 0.05) is 0 Å². The van der Waals surface area contributed by atoms with E-state index in [0.717, 1.165) is 12.8 Å². The first-order valence-corrected chi connectivity index (χ1v) is 3.47. The standard InChI is InChI=1S/C6H11O.C2H3O.Cr/c1-2-3-4-5-6-7;1-2-3;/h2-5H2,1H3;1H3;/q2*-1;+2. The summed E-state index contributed by atoms with van der Waals surface area (Å²) >= 11 is 0. The van der Waals surface area contributed by atoms with Crippen molar-refractivity contribution < 1.29 is 27.0 Å². The fourth-order valence-corrected chi connectivity index (χ4v) is 0.447. The minimum Gasteiger partial charge on any atom is -0.542 e. The molecule has 0 rings (SSSR count). The minimum absolute atomic E-state index is 0. The van der Waals surface area contributed by atoms with Gasteiger partial charge in [-0.05, 0) is 0 Å².